The molecule has 0 aliphatic heterocycles. The maximum absolute atomic E-state index is 11.8. The Hall–Kier alpha value is -1.04. The summed E-state index contributed by atoms with van der Waals surface area (Å²) in [6.45, 7) is 2.23. The van der Waals surface area contributed by atoms with Crippen LogP contribution in [-0.4, -0.2) is 11.9 Å². The number of nitrogens with zero attached hydrogens (tertiary/aromatic N) is 1. The summed E-state index contributed by atoms with van der Waals surface area (Å²) in [5, 5.41) is 11.9. The van der Waals surface area contributed by atoms with E-state index >= 15 is 0 Å². The number of hydrogen-bond acceptors (Lipinski definition) is 2. The number of nitriles is 1. The van der Waals surface area contributed by atoms with Gasteiger partial charge in [-0.25, -0.2) is 0 Å². The van der Waals surface area contributed by atoms with Crippen molar-refractivity contribution >= 4 is 5.91 Å². The topological polar surface area (TPSA) is 52.9 Å². The largest absolute Gasteiger partial charge is 0.352 e. The third-order valence-corrected chi connectivity index (χ3v) is 3.67. The van der Waals surface area contributed by atoms with E-state index in [1.54, 1.807) is 0 Å². The van der Waals surface area contributed by atoms with Gasteiger partial charge in [0.2, 0.25) is 5.91 Å². The number of hydrogen-bond donors (Lipinski definition) is 1. The zero-order valence-corrected chi connectivity index (χ0v) is 9.25. The molecule has 2 rings (SSSR count). The van der Waals surface area contributed by atoms with Crippen LogP contribution in [0.2, 0.25) is 0 Å². The van der Waals surface area contributed by atoms with Crippen LogP contribution in [0, 0.1) is 22.7 Å². The first kappa shape index (κ1) is 10.5. The standard InChI is InChI=1S/C12H18N2O/c1-9-3-2-4-10(7-9)14-11(15)12(8-13)5-6-12/h9-10H,2-7H2,1H3,(H,14,15). The summed E-state index contributed by atoms with van der Waals surface area (Å²) in [7, 11) is 0. The second-order valence-electron chi connectivity index (χ2n) is 5.14. The van der Waals surface area contributed by atoms with Crippen molar-refractivity contribution in [3.63, 3.8) is 0 Å². The average Bonchev–Trinajstić information content (AvgIpc) is 2.98. The first-order valence-electron chi connectivity index (χ1n) is 5.88. The summed E-state index contributed by atoms with van der Waals surface area (Å²) in [4.78, 5) is 11.8. The van der Waals surface area contributed by atoms with Gasteiger partial charge in [-0.05, 0) is 31.6 Å². The minimum atomic E-state index is -0.652. The van der Waals surface area contributed by atoms with Crippen molar-refractivity contribution in [3.8, 4) is 6.07 Å². The lowest BCUT2D eigenvalue weighted by Crippen LogP contribution is -2.41. The van der Waals surface area contributed by atoms with Crippen molar-refractivity contribution in [3.05, 3.63) is 0 Å². The van der Waals surface area contributed by atoms with Crippen molar-refractivity contribution in [2.24, 2.45) is 11.3 Å². The number of nitrogens with one attached hydrogen (secondary N) is 1. The highest BCUT2D eigenvalue weighted by Crippen LogP contribution is 2.45. The van der Waals surface area contributed by atoms with E-state index in [2.05, 4.69) is 18.3 Å². The van der Waals surface area contributed by atoms with E-state index in [0.717, 1.165) is 25.7 Å². The van der Waals surface area contributed by atoms with Crippen molar-refractivity contribution in [2.75, 3.05) is 0 Å². The molecule has 2 saturated carbocycles. The normalized spacial score (nSPS) is 32.8. The molecule has 0 spiro atoms. The van der Waals surface area contributed by atoms with Gasteiger partial charge in [0.15, 0.2) is 0 Å². The molecule has 0 radical (unpaired) electrons. The Balaban J connectivity index is 1.87. The van der Waals surface area contributed by atoms with E-state index in [0.29, 0.717) is 12.0 Å². The first-order valence-corrected chi connectivity index (χ1v) is 5.88. The molecule has 0 aromatic carbocycles. The van der Waals surface area contributed by atoms with E-state index in [4.69, 9.17) is 5.26 Å². The molecule has 82 valence electrons. The van der Waals surface area contributed by atoms with Gasteiger partial charge in [-0.2, -0.15) is 5.26 Å². The number of carbonyl (C=O) groups excluding carboxylic acids is 1. The van der Waals surface area contributed by atoms with Crippen LogP contribution in [0.3, 0.4) is 0 Å². The van der Waals surface area contributed by atoms with E-state index in [1.807, 2.05) is 0 Å². The summed E-state index contributed by atoms with van der Waals surface area (Å²) in [6, 6.07) is 2.45. The Morgan fingerprint density at radius 2 is 2.20 bits per heavy atom. The SMILES string of the molecule is CC1CCCC(NC(=O)C2(C#N)CC2)C1. The molecule has 0 aromatic rings. The van der Waals surface area contributed by atoms with Gasteiger partial charge in [0.25, 0.3) is 0 Å². The molecule has 2 unspecified atom stereocenters. The second kappa shape index (κ2) is 3.84. The highest BCUT2D eigenvalue weighted by atomic mass is 16.2. The molecule has 2 atom stereocenters. The van der Waals surface area contributed by atoms with Gasteiger partial charge in [-0.3, -0.25) is 4.79 Å². The summed E-state index contributed by atoms with van der Waals surface area (Å²) in [5.74, 6) is 0.686. The van der Waals surface area contributed by atoms with Gasteiger partial charge in [0, 0.05) is 6.04 Å². The van der Waals surface area contributed by atoms with Gasteiger partial charge in [0.1, 0.15) is 5.41 Å². The molecule has 1 amide bonds. The van der Waals surface area contributed by atoms with Crippen LogP contribution in [0.5, 0.6) is 0 Å². The molecule has 0 saturated heterocycles. The van der Waals surface area contributed by atoms with Crippen LogP contribution < -0.4 is 5.32 Å². The fourth-order valence-corrected chi connectivity index (χ4v) is 2.40. The van der Waals surface area contributed by atoms with Gasteiger partial charge in [-0.1, -0.05) is 19.8 Å². The number of rotatable bonds is 2. The van der Waals surface area contributed by atoms with Crippen LogP contribution in [0.25, 0.3) is 0 Å². The van der Waals surface area contributed by atoms with Crippen molar-refractivity contribution in [1.82, 2.24) is 5.32 Å². The highest BCUT2D eigenvalue weighted by Gasteiger charge is 2.51. The lowest BCUT2D eigenvalue weighted by molar-refractivity contribution is -0.125. The van der Waals surface area contributed by atoms with Crippen molar-refractivity contribution in [2.45, 2.75) is 51.5 Å². The number of amides is 1. The Morgan fingerprint density at radius 1 is 1.47 bits per heavy atom. The maximum atomic E-state index is 11.8. The molecule has 2 fully saturated rings. The molecule has 0 bridgehead atoms. The van der Waals surface area contributed by atoms with E-state index in [-0.39, 0.29) is 5.91 Å². The second-order valence-corrected chi connectivity index (χ2v) is 5.14. The summed E-state index contributed by atoms with van der Waals surface area (Å²) in [6.07, 6.45) is 6.13. The Labute approximate surface area is 90.8 Å². The van der Waals surface area contributed by atoms with Crippen LogP contribution in [0.1, 0.15) is 45.4 Å². The summed E-state index contributed by atoms with van der Waals surface area (Å²) in [5.41, 5.74) is -0.652. The third-order valence-electron chi connectivity index (χ3n) is 3.67. The van der Waals surface area contributed by atoms with Gasteiger partial charge in [-0.15, -0.1) is 0 Å². The van der Waals surface area contributed by atoms with Crippen LogP contribution >= 0.6 is 0 Å². The molecule has 15 heavy (non-hydrogen) atoms. The summed E-state index contributed by atoms with van der Waals surface area (Å²) >= 11 is 0. The zero-order chi connectivity index (χ0) is 10.9. The fraction of sp³-hybridized carbons (Fsp3) is 0.833. The molecular formula is C12H18N2O. The monoisotopic (exact) mass is 206 g/mol. The average molecular weight is 206 g/mol. The van der Waals surface area contributed by atoms with Crippen LogP contribution in [0.4, 0.5) is 0 Å². The highest BCUT2D eigenvalue weighted by molar-refractivity contribution is 5.88. The quantitative estimate of drug-likeness (QED) is 0.751. The van der Waals surface area contributed by atoms with E-state index in [1.165, 1.54) is 12.8 Å². The van der Waals surface area contributed by atoms with Gasteiger partial charge < -0.3 is 5.32 Å². The maximum Gasteiger partial charge on any atom is 0.240 e. The lowest BCUT2D eigenvalue weighted by atomic mass is 9.87. The molecule has 0 aromatic heterocycles. The van der Waals surface area contributed by atoms with Gasteiger partial charge >= 0.3 is 0 Å². The molecule has 2 aliphatic rings. The Kier molecular flexibility index (Phi) is 2.68. The molecule has 1 N–H and O–H groups in total. The fourth-order valence-electron chi connectivity index (χ4n) is 2.40. The minimum Gasteiger partial charge on any atom is -0.352 e. The lowest BCUT2D eigenvalue weighted by Gasteiger charge is -2.28. The van der Waals surface area contributed by atoms with Crippen LogP contribution in [0.15, 0.2) is 0 Å². The Bertz CT molecular complexity index is 301. The van der Waals surface area contributed by atoms with E-state index < -0.39 is 5.41 Å². The van der Waals surface area contributed by atoms with Crippen LogP contribution in [-0.2, 0) is 4.79 Å². The zero-order valence-electron chi connectivity index (χ0n) is 9.25. The van der Waals surface area contributed by atoms with Crippen molar-refractivity contribution < 1.29 is 4.79 Å². The molecular weight excluding hydrogens is 188 g/mol. The summed E-state index contributed by atoms with van der Waals surface area (Å²) < 4.78 is 0. The van der Waals surface area contributed by atoms with Crippen molar-refractivity contribution in [1.29, 1.82) is 5.26 Å². The third kappa shape index (κ3) is 2.14. The Morgan fingerprint density at radius 3 is 2.73 bits per heavy atom. The predicted octanol–water partition coefficient (Wildman–Crippen LogP) is 1.99. The smallest absolute Gasteiger partial charge is 0.240 e. The minimum absolute atomic E-state index is 0.0240. The van der Waals surface area contributed by atoms with Gasteiger partial charge in [0.05, 0.1) is 6.07 Å². The first-order chi connectivity index (χ1) is 7.16. The predicted molar refractivity (Wildman–Crippen MR) is 56.8 cm³/mol. The molecule has 2 aliphatic carbocycles. The molecule has 3 heteroatoms. The van der Waals surface area contributed by atoms with E-state index in [9.17, 15) is 4.79 Å². The molecule has 0 heterocycles. The molecule has 3 nitrogen and oxygen atoms in total. The number of carbonyl (C=O) groups is 1.